The molecular formula is C15H23FN2O. The van der Waals surface area contributed by atoms with Crippen molar-refractivity contribution in [2.24, 2.45) is 5.73 Å². The summed E-state index contributed by atoms with van der Waals surface area (Å²) in [5.74, 6) is -0.225. The Balaban J connectivity index is 1.84. The molecule has 1 aliphatic rings. The summed E-state index contributed by atoms with van der Waals surface area (Å²) in [5, 5.41) is 0. The minimum Gasteiger partial charge on any atom is -0.377 e. The molecule has 3 nitrogen and oxygen atoms in total. The number of nitrogens with zero attached hydrogens (tertiary/aromatic N) is 1. The Morgan fingerprint density at radius 3 is 2.89 bits per heavy atom. The van der Waals surface area contributed by atoms with E-state index in [9.17, 15) is 4.39 Å². The van der Waals surface area contributed by atoms with Crippen LogP contribution in [0.2, 0.25) is 0 Å². The van der Waals surface area contributed by atoms with E-state index in [0.717, 1.165) is 26.0 Å². The van der Waals surface area contributed by atoms with E-state index in [1.54, 1.807) is 12.1 Å². The van der Waals surface area contributed by atoms with Gasteiger partial charge in [-0.1, -0.05) is 18.2 Å². The summed E-state index contributed by atoms with van der Waals surface area (Å²) in [7, 11) is 2.01. The van der Waals surface area contributed by atoms with Gasteiger partial charge in [-0.15, -0.1) is 0 Å². The Bertz CT molecular complexity index is 393. The zero-order valence-corrected chi connectivity index (χ0v) is 11.5. The van der Waals surface area contributed by atoms with Crippen molar-refractivity contribution in [1.29, 1.82) is 0 Å². The van der Waals surface area contributed by atoms with E-state index in [-0.39, 0.29) is 11.9 Å². The highest BCUT2D eigenvalue weighted by Gasteiger charge is 2.18. The van der Waals surface area contributed by atoms with Crippen molar-refractivity contribution in [2.75, 3.05) is 26.7 Å². The van der Waals surface area contributed by atoms with Gasteiger partial charge in [0, 0.05) is 31.3 Å². The molecule has 1 heterocycles. The molecule has 2 N–H and O–H groups in total. The first-order valence-electron chi connectivity index (χ1n) is 6.97. The highest BCUT2D eigenvalue weighted by atomic mass is 19.1. The summed E-state index contributed by atoms with van der Waals surface area (Å²) < 4.78 is 19.3. The molecule has 0 amide bonds. The zero-order valence-electron chi connectivity index (χ0n) is 11.5. The lowest BCUT2D eigenvalue weighted by atomic mass is 10.1. The van der Waals surface area contributed by atoms with Crippen LogP contribution in [0.25, 0.3) is 0 Å². The van der Waals surface area contributed by atoms with Crippen LogP contribution < -0.4 is 5.73 Å². The van der Waals surface area contributed by atoms with E-state index in [2.05, 4.69) is 4.90 Å². The van der Waals surface area contributed by atoms with Gasteiger partial charge >= 0.3 is 0 Å². The lowest BCUT2D eigenvalue weighted by Crippen LogP contribution is -2.37. The quantitative estimate of drug-likeness (QED) is 0.889. The van der Waals surface area contributed by atoms with Gasteiger partial charge in [-0.3, -0.25) is 0 Å². The molecule has 0 aliphatic carbocycles. The van der Waals surface area contributed by atoms with Crippen LogP contribution in [0.1, 0.15) is 30.9 Å². The van der Waals surface area contributed by atoms with Crippen molar-refractivity contribution in [2.45, 2.75) is 31.4 Å². The number of ether oxygens (including phenoxy) is 1. The predicted molar refractivity (Wildman–Crippen MR) is 74.4 cm³/mol. The topological polar surface area (TPSA) is 38.5 Å². The fourth-order valence-electron chi connectivity index (χ4n) is 2.58. The summed E-state index contributed by atoms with van der Waals surface area (Å²) in [6.45, 7) is 2.36. The van der Waals surface area contributed by atoms with Crippen molar-refractivity contribution in [1.82, 2.24) is 4.90 Å². The SMILES string of the molecule is CN(CC1CCCCO1)CC(N)c1ccccc1F. The summed E-state index contributed by atoms with van der Waals surface area (Å²) in [6.07, 6.45) is 3.80. The van der Waals surface area contributed by atoms with E-state index in [1.165, 1.54) is 12.5 Å². The van der Waals surface area contributed by atoms with E-state index < -0.39 is 0 Å². The van der Waals surface area contributed by atoms with Crippen LogP contribution in [0.4, 0.5) is 4.39 Å². The first-order valence-corrected chi connectivity index (χ1v) is 6.97. The fourth-order valence-corrected chi connectivity index (χ4v) is 2.58. The van der Waals surface area contributed by atoms with Crippen LogP contribution in [0.5, 0.6) is 0 Å². The zero-order chi connectivity index (χ0) is 13.7. The third-order valence-corrected chi connectivity index (χ3v) is 3.60. The molecular weight excluding hydrogens is 243 g/mol. The molecule has 19 heavy (non-hydrogen) atoms. The fraction of sp³-hybridized carbons (Fsp3) is 0.600. The molecule has 1 aromatic carbocycles. The third kappa shape index (κ3) is 4.27. The van der Waals surface area contributed by atoms with Gasteiger partial charge in [0.1, 0.15) is 5.82 Å². The van der Waals surface area contributed by atoms with Crippen LogP contribution in [0, 0.1) is 5.82 Å². The third-order valence-electron chi connectivity index (χ3n) is 3.60. The van der Waals surface area contributed by atoms with E-state index >= 15 is 0 Å². The lowest BCUT2D eigenvalue weighted by molar-refractivity contribution is -0.00217. The van der Waals surface area contributed by atoms with Gasteiger partial charge in [0.15, 0.2) is 0 Å². The van der Waals surface area contributed by atoms with E-state index in [1.807, 2.05) is 13.1 Å². The first-order chi connectivity index (χ1) is 9.16. The maximum atomic E-state index is 13.6. The van der Waals surface area contributed by atoms with Gasteiger partial charge < -0.3 is 15.4 Å². The highest BCUT2D eigenvalue weighted by Crippen LogP contribution is 2.17. The van der Waals surface area contributed by atoms with E-state index in [4.69, 9.17) is 10.5 Å². The minimum absolute atomic E-state index is 0.225. The molecule has 2 rings (SSSR count). The monoisotopic (exact) mass is 266 g/mol. The van der Waals surface area contributed by atoms with Gasteiger partial charge in [0.2, 0.25) is 0 Å². The predicted octanol–water partition coefficient (Wildman–Crippen LogP) is 2.33. The van der Waals surface area contributed by atoms with Crippen molar-refractivity contribution >= 4 is 0 Å². The van der Waals surface area contributed by atoms with Crippen LogP contribution in [-0.4, -0.2) is 37.7 Å². The Morgan fingerprint density at radius 2 is 2.21 bits per heavy atom. The standard InChI is InChI=1S/C15H23FN2O/c1-18(10-12-6-4-5-9-19-12)11-15(17)13-7-2-3-8-14(13)16/h2-3,7-8,12,15H,4-6,9-11,17H2,1H3. The molecule has 0 saturated carbocycles. The van der Waals surface area contributed by atoms with Gasteiger partial charge in [0.25, 0.3) is 0 Å². The molecule has 1 saturated heterocycles. The van der Waals surface area contributed by atoms with Gasteiger partial charge in [-0.05, 0) is 32.4 Å². The summed E-state index contributed by atoms with van der Waals surface area (Å²) in [6, 6.07) is 6.42. The molecule has 1 aromatic rings. The van der Waals surface area contributed by atoms with Crippen LogP contribution in [-0.2, 0) is 4.74 Å². The van der Waals surface area contributed by atoms with Crippen LogP contribution >= 0.6 is 0 Å². The molecule has 0 aromatic heterocycles. The largest absolute Gasteiger partial charge is 0.377 e. The molecule has 0 radical (unpaired) electrons. The van der Waals surface area contributed by atoms with E-state index in [0.29, 0.717) is 18.2 Å². The van der Waals surface area contributed by atoms with Gasteiger partial charge in [-0.25, -0.2) is 4.39 Å². The smallest absolute Gasteiger partial charge is 0.128 e. The summed E-state index contributed by atoms with van der Waals surface area (Å²) in [5.41, 5.74) is 6.66. The normalized spacial score (nSPS) is 21.6. The lowest BCUT2D eigenvalue weighted by Gasteiger charge is -2.29. The maximum absolute atomic E-state index is 13.6. The van der Waals surface area contributed by atoms with Crippen LogP contribution in [0.15, 0.2) is 24.3 Å². The van der Waals surface area contributed by atoms with Crippen molar-refractivity contribution in [3.63, 3.8) is 0 Å². The van der Waals surface area contributed by atoms with Crippen molar-refractivity contribution < 1.29 is 9.13 Å². The Morgan fingerprint density at radius 1 is 1.42 bits per heavy atom. The van der Waals surface area contributed by atoms with Crippen molar-refractivity contribution in [3.8, 4) is 0 Å². The van der Waals surface area contributed by atoms with Gasteiger partial charge in [-0.2, -0.15) is 0 Å². The average molecular weight is 266 g/mol. The Labute approximate surface area is 114 Å². The number of halogens is 1. The average Bonchev–Trinajstić information content (AvgIpc) is 2.40. The van der Waals surface area contributed by atoms with Crippen LogP contribution in [0.3, 0.4) is 0 Å². The number of hydrogen-bond acceptors (Lipinski definition) is 3. The second kappa shape index (κ2) is 6.98. The molecule has 0 bridgehead atoms. The molecule has 0 spiro atoms. The minimum atomic E-state index is -0.296. The number of rotatable bonds is 5. The summed E-state index contributed by atoms with van der Waals surface area (Å²) in [4.78, 5) is 2.13. The number of likely N-dealkylation sites (N-methyl/N-ethyl adjacent to an activating group) is 1. The second-order valence-corrected chi connectivity index (χ2v) is 5.34. The molecule has 2 unspecified atom stereocenters. The molecule has 1 fully saturated rings. The second-order valence-electron chi connectivity index (χ2n) is 5.34. The maximum Gasteiger partial charge on any atom is 0.128 e. The molecule has 106 valence electrons. The first kappa shape index (κ1) is 14.4. The highest BCUT2D eigenvalue weighted by molar-refractivity contribution is 5.21. The number of benzene rings is 1. The van der Waals surface area contributed by atoms with Crippen molar-refractivity contribution in [3.05, 3.63) is 35.6 Å². The molecule has 2 atom stereocenters. The number of hydrogen-bond donors (Lipinski definition) is 1. The number of nitrogens with two attached hydrogens (primary N) is 1. The summed E-state index contributed by atoms with van der Waals surface area (Å²) >= 11 is 0. The Hall–Kier alpha value is -0.970. The molecule has 4 heteroatoms. The molecule has 1 aliphatic heterocycles. The van der Waals surface area contributed by atoms with Gasteiger partial charge in [0.05, 0.1) is 6.10 Å². The Kier molecular flexibility index (Phi) is 5.31.